The van der Waals surface area contributed by atoms with Crippen LogP contribution in [-0.2, 0) is 40.9 Å². The SMILES string of the molecule is C=N/C(C)=C(O)\C(CN)=C(/C)COP(=O)(N[C@@H](C)C(=O)OC1CCC(Oc2c(C)ncc(CO[PH](=O)Oc3ccc(OC(F)(F)F)cc3)c2CN)C1)Oc1ccccc1. The minimum atomic E-state index is -4.86. The second-order valence-electron chi connectivity index (χ2n) is 13.2. The number of carbonyl (C=O) groups excluding carboxylic acids is 1. The second-order valence-corrected chi connectivity index (χ2v) is 15.9. The summed E-state index contributed by atoms with van der Waals surface area (Å²) < 4.78 is 102. The molecular formula is C38H48F3N5O11P2. The molecule has 6 N–H and O–H groups in total. The summed E-state index contributed by atoms with van der Waals surface area (Å²) in [6.07, 6.45) is -3.05. The third-order valence-electron chi connectivity index (χ3n) is 8.83. The molecule has 1 aromatic heterocycles. The smallest absolute Gasteiger partial charge is 0.506 e. The molecule has 0 radical (unpaired) electrons. The fourth-order valence-electron chi connectivity index (χ4n) is 5.73. The van der Waals surface area contributed by atoms with Crippen molar-refractivity contribution < 1.29 is 64.5 Å². The number of aliphatic hydroxyl groups is 1. The van der Waals surface area contributed by atoms with Gasteiger partial charge in [-0.25, -0.2) is 9.13 Å². The van der Waals surface area contributed by atoms with Crippen molar-refractivity contribution in [3.63, 3.8) is 0 Å². The average Bonchev–Trinajstić information content (AvgIpc) is 3.64. The molecule has 1 saturated carbocycles. The number of aliphatic imine (C=N–C) groups is 1. The van der Waals surface area contributed by atoms with Crippen LogP contribution in [0.4, 0.5) is 13.2 Å². The van der Waals surface area contributed by atoms with Gasteiger partial charge >= 0.3 is 28.3 Å². The number of aryl methyl sites for hydroxylation is 1. The predicted octanol–water partition coefficient (Wildman–Crippen LogP) is 7.52. The summed E-state index contributed by atoms with van der Waals surface area (Å²) in [6.45, 7) is 9.19. The van der Waals surface area contributed by atoms with Gasteiger partial charge in [0.15, 0.2) is 0 Å². The summed E-state index contributed by atoms with van der Waals surface area (Å²) in [4.78, 5) is 21.4. The van der Waals surface area contributed by atoms with E-state index in [0.717, 1.165) is 24.3 Å². The molecule has 2 aromatic carbocycles. The topological polar surface area (TPSA) is 225 Å². The van der Waals surface area contributed by atoms with Crippen molar-refractivity contribution in [1.82, 2.24) is 10.1 Å². The first-order chi connectivity index (χ1) is 27.9. The summed E-state index contributed by atoms with van der Waals surface area (Å²) in [7, 11) is -7.41. The zero-order valence-electron chi connectivity index (χ0n) is 32.8. The van der Waals surface area contributed by atoms with Crippen LogP contribution < -0.4 is 35.1 Å². The highest BCUT2D eigenvalue weighted by Gasteiger charge is 2.36. The fraction of sp³-hybridized carbons (Fsp3) is 0.395. The zero-order valence-corrected chi connectivity index (χ0v) is 34.7. The number of nitrogens with zero attached hydrogens (tertiary/aromatic N) is 2. The van der Waals surface area contributed by atoms with E-state index in [1.54, 1.807) is 51.1 Å². The van der Waals surface area contributed by atoms with Gasteiger partial charge in [0, 0.05) is 42.4 Å². The molecule has 1 aliphatic rings. The van der Waals surface area contributed by atoms with Gasteiger partial charge in [0.2, 0.25) is 0 Å². The largest absolute Gasteiger partial charge is 0.573 e. The Kier molecular flexibility index (Phi) is 17.1. The van der Waals surface area contributed by atoms with Crippen LogP contribution in [0.5, 0.6) is 23.0 Å². The van der Waals surface area contributed by atoms with E-state index in [9.17, 15) is 32.2 Å². The highest BCUT2D eigenvalue weighted by atomic mass is 31.2. The molecule has 16 nitrogen and oxygen atoms in total. The molecular weight excluding hydrogens is 821 g/mol. The molecule has 4 rings (SSSR count). The van der Waals surface area contributed by atoms with Crippen molar-refractivity contribution >= 4 is 28.7 Å². The Hall–Kier alpha value is -4.74. The monoisotopic (exact) mass is 869 g/mol. The lowest BCUT2D eigenvalue weighted by atomic mass is 10.1. The van der Waals surface area contributed by atoms with E-state index >= 15 is 0 Å². The summed E-state index contributed by atoms with van der Waals surface area (Å²) in [5.74, 6) is -0.772. The van der Waals surface area contributed by atoms with Gasteiger partial charge in [-0.3, -0.25) is 23.8 Å². The lowest BCUT2D eigenvalue weighted by Gasteiger charge is -2.24. The predicted molar refractivity (Wildman–Crippen MR) is 212 cm³/mol. The third-order valence-corrected chi connectivity index (χ3v) is 11.2. The molecule has 0 saturated heterocycles. The molecule has 0 aliphatic heterocycles. The Morgan fingerprint density at radius 2 is 1.75 bits per heavy atom. The maximum atomic E-state index is 14.1. The number of aliphatic hydroxyl groups excluding tert-OH is 1. The van der Waals surface area contributed by atoms with Crippen LogP contribution in [0.1, 0.15) is 56.9 Å². The lowest BCUT2D eigenvalue weighted by Crippen LogP contribution is -2.37. The van der Waals surface area contributed by atoms with Crippen LogP contribution in [0.3, 0.4) is 0 Å². The number of esters is 1. The number of para-hydroxylation sites is 1. The van der Waals surface area contributed by atoms with Gasteiger partial charge in [-0.1, -0.05) is 18.2 Å². The van der Waals surface area contributed by atoms with Crippen LogP contribution >= 0.6 is 16.0 Å². The molecule has 322 valence electrons. The number of alkyl halides is 3. The average molecular weight is 870 g/mol. The first-order valence-corrected chi connectivity index (χ1v) is 21.0. The molecule has 0 bridgehead atoms. The Morgan fingerprint density at radius 3 is 2.37 bits per heavy atom. The number of carbonyl (C=O) groups is 1. The first-order valence-electron chi connectivity index (χ1n) is 18.2. The van der Waals surface area contributed by atoms with E-state index < -0.39 is 52.3 Å². The number of pyridine rings is 1. The number of aromatic nitrogens is 1. The molecule has 0 amide bonds. The summed E-state index contributed by atoms with van der Waals surface area (Å²) >= 11 is 0. The Morgan fingerprint density at radius 1 is 1.08 bits per heavy atom. The number of allylic oxidation sites excluding steroid dienone is 1. The van der Waals surface area contributed by atoms with Gasteiger partial charge in [0.05, 0.1) is 24.6 Å². The molecule has 21 heteroatoms. The number of rotatable bonds is 21. The van der Waals surface area contributed by atoms with Gasteiger partial charge in [0.25, 0.3) is 0 Å². The minimum absolute atomic E-state index is 0.00502. The van der Waals surface area contributed by atoms with Crippen LogP contribution in [0.15, 0.2) is 88.4 Å². The molecule has 4 unspecified atom stereocenters. The van der Waals surface area contributed by atoms with Crippen molar-refractivity contribution in [2.24, 2.45) is 16.5 Å². The van der Waals surface area contributed by atoms with E-state index in [1.807, 2.05) is 0 Å². The number of halogens is 3. The van der Waals surface area contributed by atoms with Gasteiger partial charge in [0.1, 0.15) is 47.0 Å². The van der Waals surface area contributed by atoms with Crippen molar-refractivity contribution in [2.45, 2.75) is 84.7 Å². The van der Waals surface area contributed by atoms with Crippen molar-refractivity contribution in [2.75, 3.05) is 13.2 Å². The van der Waals surface area contributed by atoms with Crippen molar-refractivity contribution in [3.05, 3.63) is 100 Å². The van der Waals surface area contributed by atoms with Gasteiger partial charge in [-0.15, -0.1) is 13.2 Å². The number of nitrogens with two attached hydrogens (primary N) is 2. The highest BCUT2D eigenvalue weighted by molar-refractivity contribution is 7.52. The van der Waals surface area contributed by atoms with Gasteiger partial charge in [-0.2, -0.15) is 5.09 Å². The quantitative estimate of drug-likeness (QED) is 0.0267. The lowest BCUT2D eigenvalue weighted by molar-refractivity contribution is -0.274. The number of nitrogens with one attached hydrogen (secondary N) is 1. The fourth-order valence-corrected chi connectivity index (χ4v) is 7.92. The van der Waals surface area contributed by atoms with Gasteiger partial charge in [-0.05, 0) is 89.2 Å². The van der Waals surface area contributed by atoms with E-state index in [0.29, 0.717) is 53.0 Å². The van der Waals surface area contributed by atoms with E-state index in [-0.39, 0.29) is 49.3 Å². The number of hydrogen-bond donors (Lipinski definition) is 4. The zero-order chi connectivity index (χ0) is 43.3. The van der Waals surface area contributed by atoms with Crippen LogP contribution in [-0.4, -0.2) is 60.5 Å². The summed E-state index contributed by atoms with van der Waals surface area (Å²) in [5.41, 5.74) is 14.5. The van der Waals surface area contributed by atoms with Crippen molar-refractivity contribution in [1.29, 1.82) is 0 Å². The van der Waals surface area contributed by atoms with E-state index in [1.165, 1.54) is 13.1 Å². The second kappa shape index (κ2) is 21.5. The number of hydrogen-bond acceptors (Lipinski definition) is 15. The number of benzene rings is 2. The molecule has 5 atom stereocenters. The summed E-state index contributed by atoms with van der Waals surface area (Å²) in [6, 6.07) is 11.4. The molecule has 3 aromatic rings. The van der Waals surface area contributed by atoms with Crippen LogP contribution in [0.25, 0.3) is 0 Å². The van der Waals surface area contributed by atoms with Crippen LogP contribution in [0, 0.1) is 6.92 Å². The van der Waals surface area contributed by atoms with Crippen LogP contribution in [0.2, 0.25) is 0 Å². The molecule has 0 spiro atoms. The first kappa shape index (κ1) is 46.9. The molecule has 59 heavy (non-hydrogen) atoms. The van der Waals surface area contributed by atoms with Crippen molar-refractivity contribution in [3.8, 4) is 23.0 Å². The Bertz CT molecular complexity index is 2050. The minimum Gasteiger partial charge on any atom is -0.506 e. The normalized spacial score (nSPS) is 18.4. The standard InChI is InChI=1S/C38H48F3N5O11P2/c1-23(33(18-42)35(47)24(2)44-5)21-52-59(50,57-30-9-7-6-8-10-30)46-26(4)37(48)54-32-16-15-31(17-32)53-36-25(3)45-20-27(34(36)19-43)22-51-58(49)56-29-13-11-28(12-14-29)55-38(39,40)41/h6-14,20,26,31-32,47,58H,5,15-19,21-22,42-43H2,1-4H3,(H,46,50)/b33-23+,35-24+/t26-,31?,32?,59?/m0/s1. The highest BCUT2D eigenvalue weighted by Crippen LogP contribution is 2.46. The molecule has 1 aliphatic carbocycles. The Balaban J connectivity index is 1.36. The van der Waals surface area contributed by atoms with E-state index in [2.05, 4.69) is 26.5 Å². The maximum Gasteiger partial charge on any atom is 0.573 e. The van der Waals surface area contributed by atoms with Gasteiger partial charge < -0.3 is 39.8 Å². The number of ether oxygens (including phenoxy) is 3. The van der Waals surface area contributed by atoms with E-state index in [4.69, 9.17) is 39.0 Å². The maximum absolute atomic E-state index is 14.1. The molecule has 1 heterocycles. The summed E-state index contributed by atoms with van der Waals surface area (Å²) in [5, 5.41) is 13.2. The third kappa shape index (κ3) is 14.2. The Labute approximate surface area is 340 Å². The molecule has 1 fully saturated rings.